The second kappa shape index (κ2) is 6.18. The smallest absolute Gasteiger partial charge is 0.285 e. The molecule has 2 N–H and O–H groups in total. The Bertz CT molecular complexity index is 971. The second-order valence-corrected chi connectivity index (χ2v) is 6.57. The summed E-state index contributed by atoms with van der Waals surface area (Å²) in [6.45, 7) is 0.157. The van der Waals surface area contributed by atoms with Gasteiger partial charge in [-0.05, 0) is 36.4 Å². The Morgan fingerprint density at radius 2 is 1.83 bits per heavy atom. The molecule has 2 aromatic rings. The van der Waals surface area contributed by atoms with E-state index in [4.69, 9.17) is 6.42 Å². The van der Waals surface area contributed by atoms with E-state index in [9.17, 15) is 13.2 Å². The van der Waals surface area contributed by atoms with E-state index in [-0.39, 0.29) is 23.2 Å². The molecule has 1 aliphatic rings. The van der Waals surface area contributed by atoms with Crippen molar-refractivity contribution < 1.29 is 13.2 Å². The summed E-state index contributed by atoms with van der Waals surface area (Å²) in [7, 11) is -3.66. The fraction of sp³-hybridized carbons (Fsp3) is 0.0588. The summed E-state index contributed by atoms with van der Waals surface area (Å²) in [5, 5.41) is 5.54. The van der Waals surface area contributed by atoms with Gasteiger partial charge in [-0.1, -0.05) is 18.1 Å². The van der Waals surface area contributed by atoms with Gasteiger partial charge in [-0.15, -0.1) is 10.8 Å². The molecule has 1 amide bonds. The molecule has 0 bridgehead atoms. The molecule has 0 saturated heterocycles. The Hall–Kier alpha value is -3.11. The van der Waals surface area contributed by atoms with Gasteiger partial charge >= 0.3 is 0 Å². The molecule has 0 aliphatic carbocycles. The maximum atomic E-state index is 12.0. The summed E-state index contributed by atoms with van der Waals surface area (Å²) in [5.74, 6) is 2.31. The molecule has 0 atom stereocenters. The Morgan fingerprint density at radius 3 is 2.54 bits per heavy atom. The van der Waals surface area contributed by atoms with Gasteiger partial charge in [0.25, 0.3) is 15.9 Å². The van der Waals surface area contributed by atoms with E-state index >= 15 is 0 Å². The molecule has 0 aromatic heterocycles. The number of hydrogen-bond donors (Lipinski definition) is 2. The molecule has 6 nitrogen and oxygen atoms in total. The number of amides is 1. The number of rotatable bonds is 3. The highest BCUT2D eigenvalue weighted by Crippen LogP contribution is 2.26. The van der Waals surface area contributed by atoms with Crippen LogP contribution in [0.4, 0.5) is 5.69 Å². The van der Waals surface area contributed by atoms with Crippen molar-refractivity contribution in [1.82, 2.24) is 5.32 Å². The monoisotopic (exact) mass is 339 g/mol. The molecule has 120 valence electrons. The zero-order chi connectivity index (χ0) is 17.2. The van der Waals surface area contributed by atoms with Crippen molar-refractivity contribution in [2.75, 3.05) is 11.9 Å². The average Bonchev–Trinajstić information content (AvgIpc) is 2.84. The van der Waals surface area contributed by atoms with Crippen LogP contribution in [0, 0.1) is 12.3 Å². The van der Waals surface area contributed by atoms with Crippen LogP contribution in [0.5, 0.6) is 0 Å². The lowest BCUT2D eigenvalue weighted by molar-refractivity contribution is 0.0958. The molecule has 2 aromatic carbocycles. The molecule has 0 saturated carbocycles. The van der Waals surface area contributed by atoms with Gasteiger partial charge in [0.15, 0.2) is 5.84 Å². The minimum atomic E-state index is -3.66. The van der Waals surface area contributed by atoms with E-state index in [0.717, 1.165) is 0 Å². The van der Waals surface area contributed by atoms with E-state index in [1.165, 1.54) is 6.07 Å². The lowest BCUT2D eigenvalue weighted by Crippen LogP contribution is -2.23. The van der Waals surface area contributed by atoms with Gasteiger partial charge in [0.1, 0.15) is 4.90 Å². The van der Waals surface area contributed by atoms with Crippen LogP contribution < -0.4 is 10.6 Å². The molecule has 7 heteroatoms. The highest BCUT2D eigenvalue weighted by atomic mass is 32.2. The van der Waals surface area contributed by atoms with Gasteiger partial charge in [0.2, 0.25) is 0 Å². The summed E-state index contributed by atoms with van der Waals surface area (Å²) < 4.78 is 27.8. The van der Waals surface area contributed by atoms with E-state index in [0.29, 0.717) is 16.8 Å². The maximum Gasteiger partial charge on any atom is 0.285 e. The fourth-order valence-corrected chi connectivity index (χ4v) is 3.45. The Labute approximate surface area is 139 Å². The second-order valence-electron chi connectivity index (χ2n) is 5.00. The summed E-state index contributed by atoms with van der Waals surface area (Å²) in [5.41, 5.74) is 1.60. The minimum Gasteiger partial charge on any atom is -0.341 e. The number of benzene rings is 2. The first-order chi connectivity index (χ1) is 11.5. The summed E-state index contributed by atoms with van der Waals surface area (Å²) in [6, 6.07) is 13.2. The first-order valence-electron chi connectivity index (χ1n) is 7.04. The van der Waals surface area contributed by atoms with Crippen LogP contribution in [-0.2, 0) is 10.0 Å². The number of terminal acetylenes is 1. The first kappa shape index (κ1) is 15.8. The first-order valence-corrected chi connectivity index (χ1v) is 8.48. The molecule has 3 rings (SSSR count). The van der Waals surface area contributed by atoms with Crippen LogP contribution in [0.3, 0.4) is 0 Å². The van der Waals surface area contributed by atoms with Crippen LogP contribution in [0.2, 0.25) is 0 Å². The minimum absolute atomic E-state index is 0.157. The zero-order valence-corrected chi connectivity index (χ0v) is 13.3. The van der Waals surface area contributed by atoms with Crippen molar-refractivity contribution in [3.8, 4) is 12.3 Å². The number of nitrogens with one attached hydrogen (secondary N) is 2. The molecule has 1 aliphatic heterocycles. The van der Waals surface area contributed by atoms with E-state index in [1.54, 1.807) is 42.5 Å². The Balaban J connectivity index is 1.81. The fourth-order valence-electron chi connectivity index (χ4n) is 2.27. The predicted octanol–water partition coefficient (Wildman–Crippen LogP) is 1.61. The summed E-state index contributed by atoms with van der Waals surface area (Å²) in [6.07, 6.45) is 5.09. The highest BCUT2D eigenvalue weighted by molar-refractivity contribution is 7.90. The number of hydrogen-bond acceptors (Lipinski definition) is 4. The van der Waals surface area contributed by atoms with Crippen LogP contribution in [-0.4, -0.2) is 26.7 Å². The van der Waals surface area contributed by atoms with E-state index in [2.05, 4.69) is 21.0 Å². The molecule has 1 heterocycles. The van der Waals surface area contributed by atoms with Crippen LogP contribution in [0.25, 0.3) is 0 Å². The third-order valence-electron chi connectivity index (χ3n) is 3.39. The number of fused-ring (bicyclic) bond motifs is 1. The van der Waals surface area contributed by atoms with Gasteiger partial charge in [0.05, 0.1) is 6.54 Å². The molecular weight excluding hydrogens is 326 g/mol. The van der Waals surface area contributed by atoms with Crippen molar-refractivity contribution in [1.29, 1.82) is 0 Å². The SMILES string of the molecule is C#CCNC(=O)c1ccc(NC2=NS(=O)(=O)c3ccccc32)cc1. The van der Waals surface area contributed by atoms with Gasteiger partial charge in [-0.25, -0.2) is 0 Å². The quantitative estimate of drug-likeness (QED) is 0.832. The number of amidine groups is 1. The Kier molecular flexibility index (Phi) is 4.06. The topological polar surface area (TPSA) is 87.6 Å². The highest BCUT2D eigenvalue weighted by Gasteiger charge is 2.28. The Morgan fingerprint density at radius 1 is 1.12 bits per heavy atom. The van der Waals surface area contributed by atoms with Crippen LogP contribution in [0.15, 0.2) is 57.8 Å². The molecule has 0 radical (unpaired) electrons. The third-order valence-corrected chi connectivity index (χ3v) is 4.73. The number of carbonyl (C=O) groups excluding carboxylic acids is 1. The number of nitrogens with zero attached hydrogens (tertiary/aromatic N) is 1. The number of carbonyl (C=O) groups is 1. The molecule has 0 spiro atoms. The van der Waals surface area contributed by atoms with Gasteiger partial charge in [-0.3, -0.25) is 4.79 Å². The standard InChI is InChI=1S/C17H13N3O3S/c1-2-11-18-17(21)12-7-9-13(10-8-12)19-16-14-5-3-4-6-15(14)24(22,23)20-16/h1,3-10H,11H2,(H,18,21)(H,19,20). The van der Waals surface area contributed by atoms with Crippen molar-refractivity contribution in [3.05, 3.63) is 59.7 Å². The van der Waals surface area contributed by atoms with Gasteiger partial charge in [0, 0.05) is 16.8 Å². The summed E-state index contributed by atoms with van der Waals surface area (Å²) in [4.78, 5) is 12.0. The van der Waals surface area contributed by atoms with E-state index < -0.39 is 10.0 Å². The normalized spacial score (nSPS) is 14.2. The molecular formula is C17H13N3O3S. The third kappa shape index (κ3) is 3.00. The van der Waals surface area contributed by atoms with Crippen LogP contribution in [0.1, 0.15) is 15.9 Å². The van der Waals surface area contributed by atoms with Gasteiger partial charge in [-0.2, -0.15) is 8.42 Å². The van der Waals surface area contributed by atoms with Crippen molar-refractivity contribution >= 4 is 27.5 Å². The number of anilines is 1. The van der Waals surface area contributed by atoms with Crippen molar-refractivity contribution in [2.24, 2.45) is 4.40 Å². The molecule has 0 unspecified atom stereocenters. The van der Waals surface area contributed by atoms with Gasteiger partial charge < -0.3 is 10.6 Å². The zero-order valence-electron chi connectivity index (χ0n) is 12.5. The lowest BCUT2D eigenvalue weighted by atomic mass is 10.1. The maximum absolute atomic E-state index is 12.0. The molecule has 24 heavy (non-hydrogen) atoms. The van der Waals surface area contributed by atoms with Crippen LogP contribution >= 0.6 is 0 Å². The number of sulfonamides is 1. The van der Waals surface area contributed by atoms with Crippen molar-refractivity contribution in [3.63, 3.8) is 0 Å². The predicted molar refractivity (Wildman–Crippen MR) is 91.4 cm³/mol. The average molecular weight is 339 g/mol. The lowest BCUT2D eigenvalue weighted by Gasteiger charge is -2.07. The molecule has 0 fully saturated rings. The van der Waals surface area contributed by atoms with E-state index in [1.807, 2.05) is 0 Å². The van der Waals surface area contributed by atoms with Crippen molar-refractivity contribution in [2.45, 2.75) is 4.90 Å². The largest absolute Gasteiger partial charge is 0.341 e. The summed E-state index contributed by atoms with van der Waals surface area (Å²) >= 11 is 0.